The molecule has 4 rings (SSSR count). The molecule has 1 atom stereocenters. The van der Waals surface area contributed by atoms with E-state index in [-0.39, 0.29) is 17.7 Å². The Hall–Kier alpha value is -3.88. The Balaban J connectivity index is 1.45. The van der Waals surface area contributed by atoms with Crippen LogP contribution in [0.3, 0.4) is 0 Å². The molecule has 2 heterocycles. The van der Waals surface area contributed by atoms with Crippen LogP contribution in [0, 0.1) is 5.92 Å². The van der Waals surface area contributed by atoms with Gasteiger partial charge in [0.2, 0.25) is 5.91 Å². The summed E-state index contributed by atoms with van der Waals surface area (Å²) in [5.74, 6) is 2.06. The van der Waals surface area contributed by atoms with E-state index in [2.05, 4.69) is 25.4 Å². The highest BCUT2D eigenvalue weighted by molar-refractivity contribution is 6.01. The lowest BCUT2D eigenvalue weighted by Crippen LogP contribution is -2.47. The molecule has 2 aromatic carbocycles. The molecule has 0 radical (unpaired) electrons. The van der Waals surface area contributed by atoms with Gasteiger partial charge in [-0.3, -0.25) is 9.59 Å². The summed E-state index contributed by atoms with van der Waals surface area (Å²) in [6.07, 6.45) is 4.41. The molecule has 9 nitrogen and oxygen atoms in total. The summed E-state index contributed by atoms with van der Waals surface area (Å²) >= 11 is 0. The number of hydrogen-bond donors (Lipinski definition) is 2. The first-order chi connectivity index (χ1) is 17.4. The van der Waals surface area contributed by atoms with Crippen molar-refractivity contribution in [3.05, 3.63) is 53.9 Å². The van der Waals surface area contributed by atoms with Crippen molar-refractivity contribution in [1.29, 1.82) is 0 Å². The quantitative estimate of drug-likeness (QED) is 0.492. The molecule has 0 fully saturated rings. The van der Waals surface area contributed by atoms with Gasteiger partial charge in [0.05, 0.1) is 14.2 Å². The summed E-state index contributed by atoms with van der Waals surface area (Å²) in [6.45, 7) is 4.69. The minimum Gasteiger partial charge on any atom is -0.497 e. The number of nitrogens with one attached hydrogen (secondary N) is 2. The second kappa shape index (κ2) is 11.2. The van der Waals surface area contributed by atoms with E-state index in [1.165, 1.54) is 20.6 Å². The topological polar surface area (TPSA) is 107 Å². The number of nitrogens with zero attached hydrogens (tertiary/aromatic N) is 3. The molecule has 0 saturated carbocycles. The van der Waals surface area contributed by atoms with Crippen LogP contribution < -0.4 is 20.1 Å². The Morgan fingerprint density at radius 3 is 2.28 bits per heavy atom. The van der Waals surface area contributed by atoms with E-state index in [1.807, 2.05) is 38.1 Å². The number of aromatic nitrogens is 3. The van der Waals surface area contributed by atoms with Gasteiger partial charge >= 0.3 is 0 Å². The molecule has 2 N–H and O–H groups in total. The molecule has 0 saturated heterocycles. The van der Waals surface area contributed by atoms with Crippen LogP contribution >= 0.6 is 0 Å². The minimum atomic E-state index is -0.735. The molecule has 190 valence electrons. The van der Waals surface area contributed by atoms with E-state index in [9.17, 15) is 9.59 Å². The fourth-order valence-electron chi connectivity index (χ4n) is 4.32. The van der Waals surface area contributed by atoms with Crippen LogP contribution in [-0.2, 0) is 17.8 Å². The highest BCUT2D eigenvalue weighted by atomic mass is 16.5. The number of carbonyl (C=O) groups excluding carboxylic acids is 2. The molecule has 1 unspecified atom stereocenters. The second-order valence-corrected chi connectivity index (χ2v) is 9.27. The Bertz CT molecular complexity index is 1200. The molecule has 0 aliphatic carbocycles. The number of benzene rings is 2. The largest absolute Gasteiger partial charge is 0.497 e. The van der Waals surface area contributed by atoms with Crippen molar-refractivity contribution in [2.24, 2.45) is 5.92 Å². The summed E-state index contributed by atoms with van der Waals surface area (Å²) in [5, 5.41) is 14.5. The third-order valence-corrected chi connectivity index (χ3v) is 6.37. The Kier molecular flexibility index (Phi) is 7.87. The zero-order chi connectivity index (χ0) is 25.7. The Morgan fingerprint density at radius 2 is 1.64 bits per heavy atom. The van der Waals surface area contributed by atoms with E-state index in [1.54, 1.807) is 18.2 Å². The first kappa shape index (κ1) is 25.2. The second-order valence-electron chi connectivity index (χ2n) is 9.27. The molecule has 3 aromatic rings. The first-order valence-electron chi connectivity index (χ1n) is 12.3. The van der Waals surface area contributed by atoms with Gasteiger partial charge in [-0.15, -0.1) is 10.2 Å². The highest BCUT2D eigenvalue weighted by Crippen LogP contribution is 2.25. The standard InChI is InChI=1S/C27H33N5O4/c1-17(2)24(29-26(33)19-14-21(35-3)16-22(15-19)36-4)27(34)28-20-11-9-18(10-12-20)25-31-30-23-8-6-5-7-13-32(23)25/h9-12,14-17,24H,5-8,13H2,1-4H3,(H,28,34)(H,29,33). The number of ether oxygens (including phenoxy) is 2. The molecular weight excluding hydrogens is 458 g/mol. The smallest absolute Gasteiger partial charge is 0.252 e. The van der Waals surface area contributed by atoms with Gasteiger partial charge in [0, 0.05) is 35.8 Å². The lowest BCUT2D eigenvalue weighted by molar-refractivity contribution is -0.118. The number of aryl methyl sites for hydroxylation is 1. The van der Waals surface area contributed by atoms with Crippen LogP contribution in [0.5, 0.6) is 11.5 Å². The average Bonchev–Trinajstić information content (AvgIpc) is 3.14. The van der Waals surface area contributed by atoms with Crippen molar-refractivity contribution in [2.45, 2.75) is 52.1 Å². The van der Waals surface area contributed by atoms with Crippen molar-refractivity contribution < 1.29 is 19.1 Å². The van der Waals surface area contributed by atoms with Gasteiger partial charge in [0.1, 0.15) is 23.4 Å². The van der Waals surface area contributed by atoms with Gasteiger partial charge in [-0.1, -0.05) is 20.3 Å². The van der Waals surface area contributed by atoms with Crippen LogP contribution in [0.2, 0.25) is 0 Å². The molecule has 1 aliphatic heterocycles. The third-order valence-electron chi connectivity index (χ3n) is 6.37. The molecule has 2 amide bonds. The van der Waals surface area contributed by atoms with E-state index in [0.717, 1.165) is 43.0 Å². The lowest BCUT2D eigenvalue weighted by atomic mass is 10.0. The van der Waals surface area contributed by atoms with Crippen LogP contribution in [-0.4, -0.2) is 46.8 Å². The normalized spacial score (nSPS) is 13.9. The minimum absolute atomic E-state index is 0.132. The van der Waals surface area contributed by atoms with Crippen LogP contribution in [0.4, 0.5) is 5.69 Å². The van der Waals surface area contributed by atoms with E-state index < -0.39 is 6.04 Å². The van der Waals surface area contributed by atoms with E-state index in [0.29, 0.717) is 22.7 Å². The fraction of sp³-hybridized carbons (Fsp3) is 0.407. The van der Waals surface area contributed by atoms with E-state index >= 15 is 0 Å². The number of anilines is 1. The number of hydrogen-bond acceptors (Lipinski definition) is 6. The van der Waals surface area contributed by atoms with Gasteiger partial charge in [-0.25, -0.2) is 0 Å². The maximum absolute atomic E-state index is 13.1. The van der Waals surface area contributed by atoms with Gasteiger partial charge in [0.25, 0.3) is 5.91 Å². The number of carbonyl (C=O) groups is 2. The Morgan fingerprint density at radius 1 is 0.944 bits per heavy atom. The predicted octanol–water partition coefficient (Wildman–Crippen LogP) is 4.08. The number of amides is 2. The zero-order valence-electron chi connectivity index (χ0n) is 21.2. The first-order valence-corrected chi connectivity index (χ1v) is 12.3. The summed E-state index contributed by atoms with van der Waals surface area (Å²) in [7, 11) is 3.04. The molecule has 9 heteroatoms. The number of rotatable bonds is 8. The van der Waals surface area contributed by atoms with Crippen molar-refractivity contribution >= 4 is 17.5 Å². The molecule has 0 spiro atoms. The predicted molar refractivity (Wildman–Crippen MR) is 137 cm³/mol. The van der Waals surface area contributed by atoms with Crippen molar-refractivity contribution in [3.63, 3.8) is 0 Å². The zero-order valence-corrected chi connectivity index (χ0v) is 21.2. The van der Waals surface area contributed by atoms with Crippen LogP contribution in [0.1, 0.15) is 49.3 Å². The van der Waals surface area contributed by atoms with Gasteiger partial charge in [0.15, 0.2) is 5.82 Å². The molecule has 1 aliphatic rings. The summed E-state index contributed by atoms with van der Waals surface area (Å²) in [5.41, 5.74) is 1.94. The van der Waals surface area contributed by atoms with Crippen molar-refractivity contribution in [1.82, 2.24) is 20.1 Å². The van der Waals surface area contributed by atoms with Crippen LogP contribution in [0.15, 0.2) is 42.5 Å². The van der Waals surface area contributed by atoms with Gasteiger partial charge < -0.3 is 24.7 Å². The molecule has 1 aromatic heterocycles. The monoisotopic (exact) mass is 491 g/mol. The summed E-state index contributed by atoms with van der Waals surface area (Å²) < 4.78 is 12.7. The SMILES string of the molecule is COc1cc(OC)cc(C(=O)NC(C(=O)Nc2ccc(-c3nnc4n3CCCCC4)cc2)C(C)C)c1. The average molecular weight is 492 g/mol. The molecule has 0 bridgehead atoms. The highest BCUT2D eigenvalue weighted by Gasteiger charge is 2.25. The number of methoxy groups -OCH3 is 2. The fourth-order valence-corrected chi connectivity index (χ4v) is 4.32. The summed E-state index contributed by atoms with van der Waals surface area (Å²) in [4.78, 5) is 26.1. The number of fused-ring (bicyclic) bond motifs is 1. The lowest BCUT2D eigenvalue weighted by Gasteiger charge is -2.22. The van der Waals surface area contributed by atoms with Crippen LogP contribution in [0.25, 0.3) is 11.4 Å². The van der Waals surface area contributed by atoms with Gasteiger partial charge in [-0.05, 0) is 55.2 Å². The third kappa shape index (κ3) is 5.67. The van der Waals surface area contributed by atoms with Crippen molar-refractivity contribution in [2.75, 3.05) is 19.5 Å². The summed E-state index contributed by atoms with van der Waals surface area (Å²) in [6, 6.07) is 11.7. The molecule has 36 heavy (non-hydrogen) atoms. The maximum atomic E-state index is 13.1. The van der Waals surface area contributed by atoms with E-state index in [4.69, 9.17) is 9.47 Å². The maximum Gasteiger partial charge on any atom is 0.252 e. The Labute approximate surface area is 211 Å². The van der Waals surface area contributed by atoms with Gasteiger partial charge in [-0.2, -0.15) is 0 Å². The molecular formula is C27H33N5O4. The van der Waals surface area contributed by atoms with Crippen molar-refractivity contribution in [3.8, 4) is 22.9 Å².